The molecule has 0 spiro atoms. The molecule has 36 heavy (non-hydrogen) atoms. The first-order valence-electron chi connectivity index (χ1n) is 11.4. The molecule has 2 atom stereocenters. The molecular weight excluding hydrogens is 488 g/mol. The Labute approximate surface area is 211 Å². The highest BCUT2D eigenvalue weighted by molar-refractivity contribution is 6.30. The molecule has 1 saturated heterocycles. The van der Waals surface area contributed by atoms with Crippen LogP contribution in [0.25, 0.3) is 34.3 Å². The molecule has 0 saturated carbocycles. The molecule has 1 aliphatic heterocycles. The SMILES string of the molecule is O=C(O)O[C@H]1CCCN(CC(O)c2ccc(-c3noc(-c4cc(-c5ccc(Cl)cc5)on4)n3)cc2)C1. The van der Waals surface area contributed by atoms with E-state index in [9.17, 15) is 9.90 Å². The van der Waals surface area contributed by atoms with E-state index in [1.807, 2.05) is 29.2 Å². The average molecular weight is 511 g/mol. The van der Waals surface area contributed by atoms with E-state index in [-0.39, 0.29) is 12.0 Å². The summed E-state index contributed by atoms with van der Waals surface area (Å²) in [6, 6.07) is 16.1. The lowest BCUT2D eigenvalue weighted by Gasteiger charge is -2.33. The van der Waals surface area contributed by atoms with Gasteiger partial charge in [0.25, 0.3) is 5.89 Å². The van der Waals surface area contributed by atoms with E-state index in [2.05, 4.69) is 15.3 Å². The second-order valence-corrected chi connectivity index (χ2v) is 8.99. The molecule has 4 aromatic rings. The number of β-amino-alcohol motifs (C(OH)–C–C–N with tert-alkyl or cyclic N) is 1. The Morgan fingerprint density at radius 2 is 1.86 bits per heavy atom. The Balaban J connectivity index is 1.23. The van der Waals surface area contributed by atoms with Crippen molar-refractivity contribution in [2.24, 2.45) is 0 Å². The summed E-state index contributed by atoms with van der Waals surface area (Å²) in [5, 5.41) is 28.2. The lowest BCUT2D eigenvalue weighted by Crippen LogP contribution is -2.42. The summed E-state index contributed by atoms with van der Waals surface area (Å²) in [5.74, 6) is 1.15. The number of aliphatic hydroxyl groups is 1. The number of aromatic nitrogens is 3. The fraction of sp³-hybridized carbons (Fsp3) is 0.280. The van der Waals surface area contributed by atoms with Crippen LogP contribution in [0, 0.1) is 0 Å². The minimum Gasteiger partial charge on any atom is -0.450 e. The van der Waals surface area contributed by atoms with Crippen LogP contribution in [0.15, 0.2) is 63.6 Å². The van der Waals surface area contributed by atoms with Gasteiger partial charge in [-0.1, -0.05) is 46.2 Å². The minimum atomic E-state index is -1.27. The van der Waals surface area contributed by atoms with Crippen LogP contribution >= 0.6 is 11.6 Å². The quantitative estimate of drug-likeness (QED) is 0.330. The fourth-order valence-electron chi connectivity index (χ4n) is 4.19. The molecule has 1 aliphatic rings. The van der Waals surface area contributed by atoms with Gasteiger partial charge in [0.2, 0.25) is 5.82 Å². The van der Waals surface area contributed by atoms with Crippen molar-refractivity contribution < 1.29 is 28.8 Å². The molecule has 11 heteroatoms. The highest BCUT2D eigenvalue weighted by atomic mass is 35.5. The van der Waals surface area contributed by atoms with Crippen molar-refractivity contribution in [2.45, 2.75) is 25.0 Å². The summed E-state index contributed by atoms with van der Waals surface area (Å²) >= 11 is 5.93. The number of hydrogen-bond donors (Lipinski definition) is 2. The molecule has 10 nitrogen and oxygen atoms in total. The van der Waals surface area contributed by atoms with E-state index in [4.69, 9.17) is 30.5 Å². The first kappa shape index (κ1) is 24.0. The molecule has 186 valence electrons. The Morgan fingerprint density at radius 1 is 1.11 bits per heavy atom. The molecule has 2 aromatic carbocycles. The zero-order valence-electron chi connectivity index (χ0n) is 19.1. The molecule has 2 aromatic heterocycles. The zero-order valence-corrected chi connectivity index (χ0v) is 19.8. The summed E-state index contributed by atoms with van der Waals surface area (Å²) in [4.78, 5) is 17.2. The van der Waals surface area contributed by atoms with Crippen molar-refractivity contribution in [3.8, 4) is 34.3 Å². The number of aliphatic hydroxyl groups excluding tert-OH is 1. The third-order valence-electron chi connectivity index (χ3n) is 6.00. The predicted molar refractivity (Wildman–Crippen MR) is 129 cm³/mol. The number of halogens is 1. The smallest absolute Gasteiger partial charge is 0.450 e. The third kappa shape index (κ3) is 5.56. The van der Waals surface area contributed by atoms with Gasteiger partial charge in [0.1, 0.15) is 6.10 Å². The number of carbonyl (C=O) groups is 1. The second kappa shape index (κ2) is 10.5. The lowest BCUT2D eigenvalue weighted by molar-refractivity contribution is 0.00215. The molecule has 1 unspecified atom stereocenters. The summed E-state index contributed by atoms with van der Waals surface area (Å²) < 4.78 is 15.7. The number of nitrogens with zero attached hydrogens (tertiary/aromatic N) is 4. The highest BCUT2D eigenvalue weighted by Gasteiger charge is 2.25. The first-order chi connectivity index (χ1) is 17.4. The maximum Gasteiger partial charge on any atom is 0.506 e. The predicted octanol–water partition coefficient (Wildman–Crippen LogP) is 4.90. The van der Waals surface area contributed by atoms with Crippen molar-refractivity contribution in [3.63, 3.8) is 0 Å². The van der Waals surface area contributed by atoms with Gasteiger partial charge in [0.15, 0.2) is 11.5 Å². The van der Waals surface area contributed by atoms with Gasteiger partial charge in [-0.05, 0) is 49.2 Å². The molecule has 0 bridgehead atoms. The summed E-state index contributed by atoms with van der Waals surface area (Å²) in [7, 11) is 0. The Kier molecular flexibility index (Phi) is 6.99. The maximum absolute atomic E-state index is 10.8. The number of carboxylic acid groups (broad SMARTS) is 1. The largest absolute Gasteiger partial charge is 0.506 e. The average Bonchev–Trinajstić information content (AvgIpc) is 3.55. The molecule has 3 heterocycles. The van der Waals surface area contributed by atoms with Crippen molar-refractivity contribution >= 4 is 17.8 Å². The van der Waals surface area contributed by atoms with Gasteiger partial charge in [0, 0.05) is 35.3 Å². The fourth-order valence-corrected chi connectivity index (χ4v) is 4.32. The van der Waals surface area contributed by atoms with Crippen LogP contribution in [-0.2, 0) is 4.74 Å². The number of ether oxygens (including phenoxy) is 1. The molecule has 0 aliphatic carbocycles. The Bertz CT molecular complexity index is 1320. The van der Waals surface area contributed by atoms with Crippen molar-refractivity contribution in [3.05, 3.63) is 65.2 Å². The van der Waals surface area contributed by atoms with Crippen LogP contribution in [0.3, 0.4) is 0 Å². The molecule has 2 N–H and O–H groups in total. The van der Waals surface area contributed by atoms with Crippen LogP contribution in [-0.4, -0.2) is 62.3 Å². The number of hydrogen-bond acceptors (Lipinski definition) is 9. The molecule has 0 radical (unpaired) electrons. The van der Waals surface area contributed by atoms with Crippen LogP contribution < -0.4 is 0 Å². The normalized spacial score (nSPS) is 17.1. The van der Waals surface area contributed by atoms with Gasteiger partial charge in [-0.15, -0.1) is 0 Å². The third-order valence-corrected chi connectivity index (χ3v) is 6.25. The molecule has 0 amide bonds. The van der Waals surface area contributed by atoms with Gasteiger partial charge in [-0.3, -0.25) is 4.90 Å². The molecule has 1 fully saturated rings. The van der Waals surface area contributed by atoms with Gasteiger partial charge in [0.05, 0.1) is 6.10 Å². The van der Waals surface area contributed by atoms with Crippen LogP contribution in [0.5, 0.6) is 0 Å². The standard InChI is InChI=1S/C25H23ClN4O6/c26-18-9-7-16(8-10-18)22-12-20(28-35-22)24-27-23(29-36-24)17-5-3-15(4-6-17)21(31)14-30-11-1-2-19(13-30)34-25(32)33/h3-10,12,19,21,31H,1-2,11,13-14H2,(H,32,33)/t19-,21?/m0/s1. The maximum atomic E-state index is 10.8. The number of rotatable bonds is 7. The summed E-state index contributed by atoms with van der Waals surface area (Å²) in [5.41, 5.74) is 2.68. The van der Waals surface area contributed by atoms with Crippen molar-refractivity contribution in [1.82, 2.24) is 20.2 Å². The van der Waals surface area contributed by atoms with Gasteiger partial charge in [-0.2, -0.15) is 4.98 Å². The number of benzene rings is 2. The summed E-state index contributed by atoms with van der Waals surface area (Å²) in [6.07, 6.45) is -0.864. The van der Waals surface area contributed by atoms with E-state index >= 15 is 0 Å². The first-order valence-corrected chi connectivity index (χ1v) is 11.8. The number of likely N-dealkylation sites (tertiary alicyclic amines) is 1. The van der Waals surface area contributed by atoms with Crippen LogP contribution in [0.2, 0.25) is 5.02 Å². The minimum absolute atomic E-state index is 0.223. The highest BCUT2D eigenvalue weighted by Crippen LogP contribution is 2.28. The van der Waals surface area contributed by atoms with E-state index in [0.717, 1.165) is 29.7 Å². The number of piperidine rings is 1. The topological polar surface area (TPSA) is 135 Å². The van der Waals surface area contributed by atoms with Gasteiger partial charge >= 0.3 is 6.16 Å². The Morgan fingerprint density at radius 3 is 2.61 bits per heavy atom. The Hall–Kier alpha value is -3.73. The van der Waals surface area contributed by atoms with Crippen molar-refractivity contribution in [1.29, 1.82) is 0 Å². The molecular formula is C25H23ClN4O6. The van der Waals surface area contributed by atoms with E-state index in [0.29, 0.717) is 41.8 Å². The van der Waals surface area contributed by atoms with E-state index in [1.165, 1.54) is 0 Å². The van der Waals surface area contributed by atoms with Crippen LogP contribution in [0.1, 0.15) is 24.5 Å². The summed E-state index contributed by atoms with van der Waals surface area (Å²) in [6.45, 7) is 1.63. The molecule has 5 rings (SSSR count). The van der Waals surface area contributed by atoms with Crippen LogP contribution in [0.4, 0.5) is 4.79 Å². The lowest BCUT2D eigenvalue weighted by atomic mass is 10.0. The van der Waals surface area contributed by atoms with E-state index < -0.39 is 12.3 Å². The zero-order chi connectivity index (χ0) is 25.1. The van der Waals surface area contributed by atoms with Crippen molar-refractivity contribution in [2.75, 3.05) is 19.6 Å². The monoisotopic (exact) mass is 510 g/mol. The van der Waals surface area contributed by atoms with E-state index in [1.54, 1.807) is 30.3 Å². The van der Waals surface area contributed by atoms with Gasteiger partial charge < -0.3 is 24.0 Å². The van der Waals surface area contributed by atoms with Gasteiger partial charge in [-0.25, -0.2) is 4.79 Å². The second-order valence-electron chi connectivity index (χ2n) is 8.55.